The SMILES string of the molecule is CCNC(Cc1ccc(F)cc1C)C1CN2CCN1CC2. The minimum absolute atomic E-state index is 0.136. The van der Waals surface area contributed by atoms with Crippen LogP contribution in [0.2, 0.25) is 0 Å². The van der Waals surface area contributed by atoms with E-state index in [1.807, 2.05) is 13.0 Å². The Labute approximate surface area is 127 Å². The first kappa shape index (κ1) is 14.9. The summed E-state index contributed by atoms with van der Waals surface area (Å²) < 4.78 is 13.3. The van der Waals surface area contributed by atoms with E-state index in [9.17, 15) is 4.39 Å². The lowest BCUT2D eigenvalue weighted by atomic mass is 9.92. The zero-order chi connectivity index (χ0) is 14.8. The summed E-state index contributed by atoms with van der Waals surface area (Å²) in [6, 6.07) is 6.21. The summed E-state index contributed by atoms with van der Waals surface area (Å²) in [5, 5.41) is 3.67. The maximum Gasteiger partial charge on any atom is 0.123 e. The molecule has 4 rings (SSSR count). The number of nitrogens with zero attached hydrogens (tertiary/aromatic N) is 2. The third-order valence-electron chi connectivity index (χ3n) is 5.00. The highest BCUT2D eigenvalue weighted by atomic mass is 19.1. The zero-order valence-electron chi connectivity index (χ0n) is 13.1. The van der Waals surface area contributed by atoms with Gasteiger partial charge in [-0.25, -0.2) is 4.39 Å². The van der Waals surface area contributed by atoms with Gasteiger partial charge >= 0.3 is 0 Å². The Kier molecular flexibility index (Phi) is 4.57. The third-order valence-corrected chi connectivity index (χ3v) is 5.00. The van der Waals surface area contributed by atoms with E-state index >= 15 is 0 Å². The second-order valence-electron chi connectivity index (χ2n) is 6.34. The topological polar surface area (TPSA) is 18.5 Å². The number of likely N-dealkylation sites (N-methyl/N-ethyl adjacent to an activating group) is 1. The highest BCUT2D eigenvalue weighted by Crippen LogP contribution is 2.22. The molecule has 2 unspecified atom stereocenters. The molecule has 0 saturated carbocycles. The molecule has 1 N–H and O–H groups in total. The molecule has 3 heterocycles. The van der Waals surface area contributed by atoms with Gasteiger partial charge in [-0.3, -0.25) is 9.80 Å². The maximum absolute atomic E-state index is 13.3. The molecule has 4 heteroatoms. The van der Waals surface area contributed by atoms with Crippen LogP contribution in [-0.4, -0.2) is 61.2 Å². The Morgan fingerprint density at radius 3 is 2.62 bits per heavy atom. The van der Waals surface area contributed by atoms with Crippen molar-refractivity contribution in [2.45, 2.75) is 32.4 Å². The van der Waals surface area contributed by atoms with E-state index in [4.69, 9.17) is 0 Å². The largest absolute Gasteiger partial charge is 0.312 e. The molecule has 116 valence electrons. The maximum atomic E-state index is 13.3. The Balaban J connectivity index is 1.75. The van der Waals surface area contributed by atoms with Crippen LogP contribution < -0.4 is 5.32 Å². The lowest BCUT2D eigenvalue weighted by Crippen LogP contribution is -2.66. The van der Waals surface area contributed by atoms with E-state index in [1.165, 1.54) is 31.7 Å². The fourth-order valence-corrected chi connectivity index (χ4v) is 3.77. The summed E-state index contributed by atoms with van der Waals surface area (Å²) in [7, 11) is 0. The molecule has 1 aromatic carbocycles. The van der Waals surface area contributed by atoms with E-state index in [-0.39, 0.29) is 5.82 Å². The molecule has 0 amide bonds. The van der Waals surface area contributed by atoms with Gasteiger partial charge in [0.1, 0.15) is 5.82 Å². The van der Waals surface area contributed by atoms with Crippen molar-refractivity contribution in [3.05, 3.63) is 35.1 Å². The number of nitrogens with one attached hydrogen (secondary N) is 1. The van der Waals surface area contributed by atoms with E-state index in [0.717, 1.165) is 25.1 Å². The van der Waals surface area contributed by atoms with Gasteiger partial charge in [-0.15, -0.1) is 0 Å². The molecule has 0 radical (unpaired) electrons. The van der Waals surface area contributed by atoms with Crippen LogP contribution in [0.1, 0.15) is 18.1 Å². The zero-order valence-corrected chi connectivity index (χ0v) is 13.1. The first-order valence-electron chi connectivity index (χ1n) is 8.12. The van der Waals surface area contributed by atoms with Gasteiger partial charge in [-0.1, -0.05) is 13.0 Å². The molecule has 2 atom stereocenters. The lowest BCUT2D eigenvalue weighted by Gasteiger charge is -2.50. The van der Waals surface area contributed by atoms with Gasteiger partial charge in [-0.05, 0) is 43.1 Å². The molecule has 3 aliphatic heterocycles. The highest BCUT2D eigenvalue weighted by Gasteiger charge is 2.36. The van der Waals surface area contributed by atoms with E-state index in [2.05, 4.69) is 22.0 Å². The number of aryl methyl sites for hydroxylation is 1. The summed E-state index contributed by atoms with van der Waals surface area (Å²) in [5.74, 6) is -0.136. The first-order valence-corrected chi connectivity index (χ1v) is 8.12. The molecule has 21 heavy (non-hydrogen) atoms. The molecule has 2 bridgehead atoms. The van der Waals surface area contributed by atoms with Gasteiger partial charge in [0, 0.05) is 44.8 Å². The van der Waals surface area contributed by atoms with Gasteiger partial charge in [0.05, 0.1) is 0 Å². The van der Waals surface area contributed by atoms with Crippen LogP contribution in [0.3, 0.4) is 0 Å². The number of rotatable bonds is 5. The second-order valence-corrected chi connectivity index (χ2v) is 6.34. The van der Waals surface area contributed by atoms with Gasteiger partial charge in [0.2, 0.25) is 0 Å². The van der Waals surface area contributed by atoms with Gasteiger partial charge in [0.25, 0.3) is 0 Å². The summed E-state index contributed by atoms with van der Waals surface area (Å²) in [6.07, 6.45) is 0.981. The van der Waals surface area contributed by atoms with Crippen molar-refractivity contribution in [3.8, 4) is 0 Å². The van der Waals surface area contributed by atoms with Crippen molar-refractivity contribution < 1.29 is 4.39 Å². The summed E-state index contributed by atoms with van der Waals surface area (Å²) >= 11 is 0. The molecule has 3 fully saturated rings. The average molecular weight is 291 g/mol. The smallest absolute Gasteiger partial charge is 0.123 e. The van der Waals surface area contributed by atoms with Gasteiger partial charge < -0.3 is 5.32 Å². The molecule has 0 aliphatic carbocycles. The normalized spacial score (nSPS) is 29.6. The van der Waals surface area contributed by atoms with Crippen LogP contribution in [0.5, 0.6) is 0 Å². The van der Waals surface area contributed by atoms with Gasteiger partial charge in [0.15, 0.2) is 0 Å². The van der Waals surface area contributed by atoms with Crippen molar-refractivity contribution in [3.63, 3.8) is 0 Å². The molecule has 3 aliphatic rings. The third kappa shape index (κ3) is 3.28. The summed E-state index contributed by atoms with van der Waals surface area (Å²) in [6.45, 7) is 11.1. The van der Waals surface area contributed by atoms with Crippen LogP contribution in [0.4, 0.5) is 4.39 Å². The predicted octanol–water partition coefficient (Wildman–Crippen LogP) is 1.65. The molecule has 3 saturated heterocycles. The van der Waals surface area contributed by atoms with E-state index < -0.39 is 0 Å². The molecule has 0 aromatic heterocycles. The van der Waals surface area contributed by atoms with Crippen molar-refractivity contribution in [1.82, 2.24) is 15.1 Å². The molecule has 3 nitrogen and oxygen atoms in total. The molecule has 0 spiro atoms. The fraction of sp³-hybridized carbons (Fsp3) is 0.647. The van der Waals surface area contributed by atoms with Crippen molar-refractivity contribution in [2.75, 3.05) is 39.3 Å². The van der Waals surface area contributed by atoms with Crippen LogP contribution in [0.25, 0.3) is 0 Å². The Morgan fingerprint density at radius 1 is 1.29 bits per heavy atom. The summed E-state index contributed by atoms with van der Waals surface area (Å²) in [4.78, 5) is 5.21. The Hall–Kier alpha value is -0.970. The van der Waals surface area contributed by atoms with Crippen LogP contribution >= 0.6 is 0 Å². The van der Waals surface area contributed by atoms with Crippen LogP contribution in [-0.2, 0) is 6.42 Å². The first-order chi connectivity index (χ1) is 10.2. The van der Waals surface area contributed by atoms with Crippen molar-refractivity contribution >= 4 is 0 Å². The Morgan fingerprint density at radius 2 is 2.05 bits per heavy atom. The number of piperazine rings is 3. The average Bonchev–Trinajstić information content (AvgIpc) is 2.50. The van der Waals surface area contributed by atoms with Crippen molar-refractivity contribution in [1.29, 1.82) is 0 Å². The van der Waals surface area contributed by atoms with E-state index in [0.29, 0.717) is 12.1 Å². The monoisotopic (exact) mass is 291 g/mol. The van der Waals surface area contributed by atoms with Crippen LogP contribution in [0, 0.1) is 12.7 Å². The van der Waals surface area contributed by atoms with Crippen LogP contribution in [0.15, 0.2) is 18.2 Å². The van der Waals surface area contributed by atoms with E-state index in [1.54, 1.807) is 12.1 Å². The number of benzene rings is 1. The highest BCUT2D eigenvalue weighted by molar-refractivity contribution is 5.27. The quantitative estimate of drug-likeness (QED) is 0.890. The lowest BCUT2D eigenvalue weighted by molar-refractivity contribution is -0.00290. The number of hydrogen-bond acceptors (Lipinski definition) is 3. The molecular formula is C17H26FN3. The molecule has 1 aromatic rings. The predicted molar refractivity (Wildman–Crippen MR) is 84.1 cm³/mol. The van der Waals surface area contributed by atoms with Gasteiger partial charge in [-0.2, -0.15) is 0 Å². The van der Waals surface area contributed by atoms with Crippen molar-refractivity contribution in [2.24, 2.45) is 0 Å². The Bertz CT molecular complexity index is 483. The number of hydrogen-bond donors (Lipinski definition) is 1. The minimum atomic E-state index is -0.136. The summed E-state index contributed by atoms with van der Waals surface area (Å²) in [5.41, 5.74) is 2.33. The standard InChI is InChI=1S/C17H26FN3/c1-3-19-16(11-14-4-5-15(18)10-13(14)2)17-12-20-6-8-21(17)9-7-20/h4-5,10,16-17,19H,3,6-9,11-12H2,1-2H3. The molecular weight excluding hydrogens is 265 g/mol. The number of halogens is 1. The minimum Gasteiger partial charge on any atom is -0.312 e. The number of fused-ring (bicyclic) bond motifs is 3. The fourth-order valence-electron chi connectivity index (χ4n) is 3.77. The second kappa shape index (κ2) is 6.42.